The quantitative estimate of drug-likeness (QED) is 0.576. The highest BCUT2D eigenvalue weighted by Crippen LogP contribution is 2.17. The van der Waals surface area contributed by atoms with Crippen molar-refractivity contribution >= 4 is 17.5 Å². The van der Waals surface area contributed by atoms with E-state index in [0.717, 1.165) is 12.0 Å². The van der Waals surface area contributed by atoms with Gasteiger partial charge < -0.3 is 16.4 Å². The van der Waals surface area contributed by atoms with Crippen LogP contribution in [0.1, 0.15) is 32.5 Å². The minimum atomic E-state index is -0.269. The average Bonchev–Trinajstić information content (AvgIpc) is 3.08. The number of anilines is 1. The van der Waals surface area contributed by atoms with Gasteiger partial charge in [-0.1, -0.05) is 13.8 Å². The largest absolute Gasteiger partial charge is 0.347 e. The molecule has 0 unspecified atom stereocenters. The van der Waals surface area contributed by atoms with Crippen molar-refractivity contribution in [3.63, 3.8) is 0 Å². The second-order valence-electron chi connectivity index (χ2n) is 6.14. The predicted molar refractivity (Wildman–Crippen MR) is 95.4 cm³/mol. The molecule has 1 heterocycles. The monoisotopic (exact) mass is 344 g/mol. The fourth-order valence-corrected chi connectivity index (χ4v) is 2.11. The van der Waals surface area contributed by atoms with Crippen molar-refractivity contribution in [3.8, 4) is 11.4 Å². The normalized spacial score (nSPS) is 10.7. The van der Waals surface area contributed by atoms with E-state index < -0.39 is 0 Å². The van der Waals surface area contributed by atoms with E-state index in [1.165, 1.54) is 0 Å². The Morgan fingerprint density at radius 2 is 1.92 bits per heavy atom. The molecule has 25 heavy (non-hydrogen) atoms. The van der Waals surface area contributed by atoms with E-state index in [0.29, 0.717) is 36.2 Å². The Labute approximate surface area is 146 Å². The third-order valence-corrected chi connectivity index (χ3v) is 3.55. The second kappa shape index (κ2) is 8.93. The molecule has 0 fully saturated rings. The zero-order valence-corrected chi connectivity index (χ0v) is 14.5. The molecule has 0 aliphatic carbocycles. The highest BCUT2D eigenvalue weighted by Gasteiger charge is 2.08. The number of carbonyl (C=O) groups excluding carboxylic acids is 2. The van der Waals surface area contributed by atoms with E-state index in [2.05, 4.69) is 39.7 Å². The number of amides is 2. The molecule has 5 N–H and O–H groups in total. The first-order valence-corrected chi connectivity index (χ1v) is 8.26. The highest BCUT2D eigenvalue weighted by atomic mass is 16.2. The number of nitrogens with zero attached hydrogens (tertiary/aromatic N) is 2. The van der Waals surface area contributed by atoms with Crippen molar-refractivity contribution in [1.82, 2.24) is 20.5 Å². The van der Waals surface area contributed by atoms with Crippen LogP contribution in [0, 0.1) is 5.92 Å². The minimum absolute atomic E-state index is 0.0422. The van der Waals surface area contributed by atoms with E-state index >= 15 is 0 Å². The molecule has 0 radical (unpaired) electrons. The van der Waals surface area contributed by atoms with Gasteiger partial charge in [0.2, 0.25) is 11.8 Å². The Kier molecular flexibility index (Phi) is 6.64. The van der Waals surface area contributed by atoms with Gasteiger partial charge in [-0.25, -0.2) is 4.98 Å². The summed E-state index contributed by atoms with van der Waals surface area (Å²) in [4.78, 5) is 27.7. The number of carbonyl (C=O) groups is 2. The fraction of sp³-hybridized carbons (Fsp3) is 0.412. The van der Waals surface area contributed by atoms with Gasteiger partial charge in [0.1, 0.15) is 5.82 Å². The first-order valence-electron chi connectivity index (χ1n) is 8.26. The van der Waals surface area contributed by atoms with Gasteiger partial charge in [-0.05, 0) is 36.6 Å². The van der Waals surface area contributed by atoms with Gasteiger partial charge in [-0.3, -0.25) is 14.7 Å². The lowest BCUT2D eigenvalue weighted by molar-refractivity contribution is -0.124. The zero-order valence-electron chi connectivity index (χ0n) is 14.5. The maximum atomic E-state index is 11.9. The van der Waals surface area contributed by atoms with Crippen LogP contribution in [0.2, 0.25) is 0 Å². The minimum Gasteiger partial charge on any atom is -0.347 e. The third-order valence-electron chi connectivity index (χ3n) is 3.55. The summed E-state index contributed by atoms with van der Waals surface area (Å²) in [5, 5.41) is 12.2. The molecule has 0 bridgehead atoms. The third kappa shape index (κ3) is 6.00. The lowest BCUT2D eigenvalue weighted by atomic mass is 10.1. The van der Waals surface area contributed by atoms with E-state index in [-0.39, 0.29) is 18.4 Å². The molecule has 8 nitrogen and oxygen atoms in total. The topological polar surface area (TPSA) is 126 Å². The summed E-state index contributed by atoms with van der Waals surface area (Å²) in [6.07, 6.45) is 1.24. The van der Waals surface area contributed by atoms with Crippen molar-refractivity contribution in [2.24, 2.45) is 11.7 Å². The van der Waals surface area contributed by atoms with Gasteiger partial charge in [0.25, 0.3) is 0 Å². The molecule has 0 saturated heterocycles. The second-order valence-corrected chi connectivity index (χ2v) is 6.14. The number of nitrogens with one attached hydrogen (secondary N) is 3. The molecule has 1 aromatic heterocycles. The Hall–Kier alpha value is -2.74. The van der Waals surface area contributed by atoms with Gasteiger partial charge in [0, 0.05) is 17.7 Å². The summed E-state index contributed by atoms with van der Waals surface area (Å²) >= 11 is 0. The van der Waals surface area contributed by atoms with Crippen molar-refractivity contribution in [2.45, 2.75) is 33.2 Å². The zero-order chi connectivity index (χ0) is 18.2. The number of H-pyrrole nitrogens is 1. The van der Waals surface area contributed by atoms with Crippen LogP contribution >= 0.6 is 0 Å². The molecule has 8 heteroatoms. The molecule has 0 atom stereocenters. The van der Waals surface area contributed by atoms with Crippen molar-refractivity contribution in [2.75, 3.05) is 11.9 Å². The summed E-state index contributed by atoms with van der Waals surface area (Å²) in [6.45, 7) is 4.36. The first-order chi connectivity index (χ1) is 12.0. The van der Waals surface area contributed by atoms with Crippen LogP contribution in [0.5, 0.6) is 0 Å². The molecule has 0 aliphatic heterocycles. The maximum Gasteiger partial charge on any atom is 0.243 e. The molecular weight excluding hydrogens is 320 g/mol. The Morgan fingerprint density at radius 1 is 1.20 bits per heavy atom. The number of aromatic amines is 1. The number of rotatable bonds is 8. The predicted octanol–water partition coefficient (Wildman–Crippen LogP) is 1.42. The fourth-order valence-electron chi connectivity index (χ4n) is 2.11. The van der Waals surface area contributed by atoms with Crippen LogP contribution in [0.25, 0.3) is 11.4 Å². The molecule has 0 aliphatic rings. The smallest absolute Gasteiger partial charge is 0.243 e. The average molecular weight is 344 g/mol. The van der Waals surface area contributed by atoms with E-state index in [1.807, 2.05) is 0 Å². The summed E-state index contributed by atoms with van der Waals surface area (Å²) in [5.74, 6) is 1.24. The summed E-state index contributed by atoms with van der Waals surface area (Å²) in [5.41, 5.74) is 6.95. The molecule has 2 aromatic rings. The molecule has 2 rings (SSSR count). The Balaban J connectivity index is 1.82. The number of hydrogen-bond acceptors (Lipinski definition) is 5. The van der Waals surface area contributed by atoms with Crippen molar-refractivity contribution in [3.05, 3.63) is 30.1 Å². The van der Waals surface area contributed by atoms with Gasteiger partial charge in [0.05, 0.1) is 13.1 Å². The summed E-state index contributed by atoms with van der Waals surface area (Å²) in [6, 6.07) is 7.12. The van der Waals surface area contributed by atoms with Crippen LogP contribution in [0.4, 0.5) is 5.69 Å². The first kappa shape index (κ1) is 18.6. The van der Waals surface area contributed by atoms with Crippen LogP contribution in [-0.4, -0.2) is 33.5 Å². The molecule has 0 spiro atoms. The number of benzene rings is 1. The van der Waals surface area contributed by atoms with Gasteiger partial charge in [0.15, 0.2) is 5.82 Å². The number of hydrogen-bond donors (Lipinski definition) is 4. The van der Waals surface area contributed by atoms with Crippen molar-refractivity contribution < 1.29 is 9.59 Å². The standard InChI is InChI=1S/C17H24N6O2/c1-11(2)3-8-15(24)19-10-16(25)20-13-6-4-12(5-7-13)17-21-14(9-18)22-23-17/h4-7,11H,3,8-10,18H2,1-2H3,(H,19,24)(H,20,25)(H,21,22,23). The Bertz CT molecular complexity index is 708. The van der Waals surface area contributed by atoms with E-state index in [9.17, 15) is 9.59 Å². The van der Waals surface area contributed by atoms with E-state index in [1.54, 1.807) is 24.3 Å². The van der Waals surface area contributed by atoms with Crippen LogP contribution in [0.3, 0.4) is 0 Å². The number of nitrogens with two attached hydrogens (primary N) is 1. The van der Waals surface area contributed by atoms with E-state index in [4.69, 9.17) is 5.73 Å². The maximum absolute atomic E-state index is 11.9. The Morgan fingerprint density at radius 3 is 2.52 bits per heavy atom. The van der Waals surface area contributed by atoms with Gasteiger partial charge >= 0.3 is 0 Å². The molecule has 134 valence electrons. The molecule has 2 amide bonds. The SMILES string of the molecule is CC(C)CCC(=O)NCC(=O)Nc1ccc(-c2n[nH]c(CN)n2)cc1. The number of aromatic nitrogens is 3. The highest BCUT2D eigenvalue weighted by molar-refractivity contribution is 5.94. The van der Waals surface area contributed by atoms with Gasteiger partial charge in [-0.2, -0.15) is 5.10 Å². The molecule has 1 aromatic carbocycles. The van der Waals surface area contributed by atoms with Crippen molar-refractivity contribution in [1.29, 1.82) is 0 Å². The van der Waals surface area contributed by atoms with Crippen LogP contribution in [0.15, 0.2) is 24.3 Å². The summed E-state index contributed by atoms with van der Waals surface area (Å²) < 4.78 is 0. The molecule has 0 saturated carbocycles. The van der Waals surface area contributed by atoms with Crippen LogP contribution in [-0.2, 0) is 16.1 Å². The van der Waals surface area contributed by atoms with Crippen LogP contribution < -0.4 is 16.4 Å². The lowest BCUT2D eigenvalue weighted by Gasteiger charge is -2.08. The molecular formula is C17H24N6O2. The summed E-state index contributed by atoms with van der Waals surface area (Å²) in [7, 11) is 0. The van der Waals surface area contributed by atoms with Gasteiger partial charge in [-0.15, -0.1) is 0 Å². The lowest BCUT2D eigenvalue weighted by Crippen LogP contribution is -2.32.